The van der Waals surface area contributed by atoms with Gasteiger partial charge in [-0.05, 0) is 74.5 Å². The van der Waals surface area contributed by atoms with Gasteiger partial charge in [-0.1, -0.05) is 0 Å². The van der Waals surface area contributed by atoms with E-state index in [4.69, 9.17) is 0 Å². The first kappa shape index (κ1) is 10.3. The molecule has 18 heavy (non-hydrogen) atoms. The Morgan fingerprint density at radius 3 is 2.67 bits per heavy atom. The van der Waals surface area contributed by atoms with Gasteiger partial charge in [-0.2, -0.15) is 0 Å². The molecule has 2 heteroatoms. The lowest BCUT2D eigenvalue weighted by Crippen LogP contribution is -2.45. The van der Waals surface area contributed by atoms with Gasteiger partial charge in [-0.3, -0.25) is 4.79 Å². The van der Waals surface area contributed by atoms with Gasteiger partial charge >= 0.3 is 0 Å². The van der Waals surface area contributed by atoms with Crippen LogP contribution in [-0.4, -0.2) is 23.9 Å². The average molecular weight is 245 g/mol. The highest BCUT2D eigenvalue weighted by molar-refractivity contribution is 5.84. The second kappa shape index (κ2) is 2.96. The van der Waals surface area contributed by atoms with Crippen LogP contribution >= 0.6 is 0 Å². The smallest absolute Gasteiger partial charge is 0.228 e. The summed E-state index contributed by atoms with van der Waals surface area (Å²) in [6.07, 6.45) is 10.7. The molecule has 0 radical (unpaired) electrons. The molecule has 3 bridgehead atoms. The van der Waals surface area contributed by atoms with Crippen molar-refractivity contribution in [2.45, 2.75) is 51.4 Å². The monoisotopic (exact) mass is 245 g/mol. The fraction of sp³-hybridized carbons (Fsp3) is 0.938. The van der Waals surface area contributed by atoms with Crippen molar-refractivity contribution in [3.05, 3.63) is 0 Å². The molecule has 1 heterocycles. The van der Waals surface area contributed by atoms with Crippen molar-refractivity contribution in [1.82, 2.24) is 4.90 Å². The van der Waals surface area contributed by atoms with Crippen molar-refractivity contribution in [1.29, 1.82) is 0 Å². The van der Waals surface area contributed by atoms with Crippen LogP contribution in [0.3, 0.4) is 0 Å². The number of fused-ring (bicyclic) bond motifs is 2. The van der Waals surface area contributed by atoms with Gasteiger partial charge in [0.25, 0.3) is 0 Å². The van der Waals surface area contributed by atoms with Gasteiger partial charge in [0.1, 0.15) is 0 Å². The number of hydrogen-bond donors (Lipinski definition) is 0. The Balaban J connectivity index is 1.51. The molecular formula is C16H23NO. The summed E-state index contributed by atoms with van der Waals surface area (Å²) in [5.41, 5.74) is 0.779. The lowest BCUT2D eigenvalue weighted by atomic mass is 9.55. The normalized spacial score (nSPS) is 55.8. The summed E-state index contributed by atoms with van der Waals surface area (Å²) in [4.78, 5) is 15.2. The summed E-state index contributed by atoms with van der Waals surface area (Å²) in [7, 11) is 0. The largest absolute Gasteiger partial charge is 0.342 e. The number of carbonyl (C=O) groups is 1. The highest BCUT2D eigenvalue weighted by Gasteiger charge is 2.72. The molecule has 0 aromatic heterocycles. The van der Waals surface area contributed by atoms with Crippen LogP contribution in [0.2, 0.25) is 0 Å². The molecule has 5 atom stereocenters. The Hall–Kier alpha value is -0.530. The number of hydrogen-bond acceptors (Lipinski definition) is 1. The lowest BCUT2D eigenvalue weighted by Gasteiger charge is -2.49. The van der Waals surface area contributed by atoms with Gasteiger partial charge in [0.2, 0.25) is 5.91 Å². The van der Waals surface area contributed by atoms with Crippen molar-refractivity contribution >= 4 is 5.91 Å². The summed E-state index contributed by atoms with van der Waals surface area (Å²) in [5, 5.41) is 0. The quantitative estimate of drug-likeness (QED) is 0.695. The second-order valence-electron chi connectivity index (χ2n) is 8.03. The van der Waals surface area contributed by atoms with Crippen molar-refractivity contribution in [3.8, 4) is 0 Å². The predicted octanol–water partition coefficient (Wildman–Crippen LogP) is 2.83. The molecule has 0 aromatic rings. The van der Waals surface area contributed by atoms with Gasteiger partial charge in [0.15, 0.2) is 0 Å². The van der Waals surface area contributed by atoms with Crippen molar-refractivity contribution in [2.75, 3.05) is 13.1 Å². The third kappa shape index (κ3) is 0.981. The maximum atomic E-state index is 13.0. The van der Waals surface area contributed by atoms with Crippen LogP contribution < -0.4 is 0 Å². The minimum atomic E-state index is 0.114. The first-order chi connectivity index (χ1) is 8.72. The Labute approximate surface area is 109 Å². The molecule has 4 aliphatic carbocycles. The fourth-order valence-electron chi connectivity index (χ4n) is 6.86. The van der Waals surface area contributed by atoms with E-state index in [1.165, 1.54) is 51.4 Å². The minimum absolute atomic E-state index is 0.114. The van der Waals surface area contributed by atoms with E-state index in [1.807, 2.05) is 0 Å². The zero-order valence-corrected chi connectivity index (χ0v) is 11.2. The molecule has 1 aliphatic heterocycles. The van der Waals surface area contributed by atoms with E-state index in [9.17, 15) is 4.79 Å². The molecular weight excluding hydrogens is 222 g/mol. The van der Waals surface area contributed by atoms with Crippen molar-refractivity contribution in [3.63, 3.8) is 0 Å². The van der Waals surface area contributed by atoms with Gasteiger partial charge in [-0.25, -0.2) is 0 Å². The van der Waals surface area contributed by atoms with Crippen molar-refractivity contribution < 1.29 is 4.79 Å². The van der Waals surface area contributed by atoms with Crippen molar-refractivity contribution in [2.24, 2.45) is 28.6 Å². The van der Waals surface area contributed by atoms with Crippen LogP contribution in [0, 0.1) is 28.6 Å². The average Bonchev–Trinajstić information content (AvgIpc) is 2.98. The summed E-state index contributed by atoms with van der Waals surface area (Å²) in [6, 6.07) is 0. The van der Waals surface area contributed by atoms with Crippen LogP contribution in [0.1, 0.15) is 51.4 Å². The Morgan fingerprint density at radius 2 is 1.83 bits per heavy atom. The first-order valence-electron chi connectivity index (χ1n) is 8.01. The summed E-state index contributed by atoms with van der Waals surface area (Å²) < 4.78 is 0. The Morgan fingerprint density at radius 1 is 1.00 bits per heavy atom. The molecule has 4 saturated carbocycles. The molecule has 1 amide bonds. The Bertz CT molecular complexity index is 423. The number of nitrogens with zero attached hydrogens (tertiary/aromatic N) is 1. The number of likely N-dealkylation sites (tertiary alicyclic amines) is 1. The fourth-order valence-corrected chi connectivity index (χ4v) is 6.86. The molecule has 98 valence electrons. The topological polar surface area (TPSA) is 20.3 Å². The molecule has 5 unspecified atom stereocenters. The second-order valence-corrected chi connectivity index (χ2v) is 8.03. The molecule has 2 nitrogen and oxygen atoms in total. The maximum absolute atomic E-state index is 13.0. The molecule has 0 aromatic carbocycles. The van der Waals surface area contributed by atoms with Gasteiger partial charge in [0, 0.05) is 13.1 Å². The minimum Gasteiger partial charge on any atom is -0.342 e. The lowest BCUT2D eigenvalue weighted by molar-refractivity contribution is -0.143. The van der Waals surface area contributed by atoms with Crippen LogP contribution in [0.4, 0.5) is 0 Å². The van der Waals surface area contributed by atoms with Crippen LogP contribution in [0.25, 0.3) is 0 Å². The van der Waals surface area contributed by atoms with E-state index < -0.39 is 0 Å². The highest BCUT2D eigenvalue weighted by Crippen LogP contribution is 2.79. The molecule has 1 saturated heterocycles. The van der Waals surface area contributed by atoms with E-state index >= 15 is 0 Å². The van der Waals surface area contributed by atoms with E-state index in [1.54, 1.807) is 0 Å². The van der Waals surface area contributed by atoms with E-state index in [0.29, 0.717) is 11.3 Å². The third-order valence-electron chi connectivity index (χ3n) is 7.31. The van der Waals surface area contributed by atoms with E-state index in [2.05, 4.69) is 4.90 Å². The van der Waals surface area contributed by atoms with Gasteiger partial charge < -0.3 is 4.90 Å². The number of carbonyl (C=O) groups excluding carboxylic acids is 1. The van der Waals surface area contributed by atoms with Gasteiger partial charge in [0.05, 0.1) is 5.41 Å². The zero-order chi connectivity index (χ0) is 12.0. The number of rotatable bonds is 1. The third-order valence-corrected chi connectivity index (χ3v) is 7.31. The summed E-state index contributed by atoms with van der Waals surface area (Å²) >= 11 is 0. The molecule has 0 N–H and O–H groups in total. The predicted molar refractivity (Wildman–Crippen MR) is 68.9 cm³/mol. The number of amides is 1. The molecule has 5 rings (SSSR count). The van der Waals surface area contributed by atoms with Crippen LogP contribution in [0.5, 0.6) is 0 Å². The SMILES string of the molecule is O=C(N1CCCC1)C12CC3CC4CC(C1)C4(C3)C2. The Kier molecular flexibility index (Phi) is 1.69. The first-order valence-corrected chi connectivity index (χ1v) is 8.01. The standard InChI is InChI=1S/C16H23NO/c18-14(17-3-1-2-4-17)15-7-11-5-12-6-13(9-15)16(12,8-11)10-15/h11-13H,1-10H2. The van der Waals surface area contributed by atoms with Crippen LogP contribution in [0.15, 0.2) is 0 Å². The molecule has 5 fully saturated rings. The van der Waals surface area contributed by atoms with E-state index in [0.717, 1.165) is 30.8 Å². The summed E-state index contributed by atoms with van der Waals surface area (Å²) in [5.74, 6) is 3.42. The van der Waals surface area contributed by atoms with E-state index in [-0.39, 0.29) is 5.41 Å². The van der Waals surface area contributed by atoms with Crippen LogP contribution in [-0.2, 0) is 4.79 Å². The molecule has 1 spiro atoms. The highest BCUT2D eigenvalue weighted by atomic mass is 16.2. The summed E-state index contributed by atoms with van der Waals surface area (Å²) in [6.45, 7) is 2.10. The van der Waals surface area contributed by atoms with Gasteiger partial charge in [-0.15, -0.1) is 0 Å². The zero-order valence-electron chi connectivity index (χ0n) is 11.2. The molecule has 5 aliphatic rings. The maximum Gasteiger partial charge on any atom is 0.228 e.